The predicted octanol–water partition coefficient (Wildman–Crippen LogP) is 8.37. The summed E-state index contributed by atoms with van der Waals surface area (Å²) in [7, 11) is 0. The number of carbonyl (C=O) groups is 1. The maximum Gasteiger partial charge on any atom is 0.252 e. The molecular formula is C35H32Cl2N8O4. The number of aliphatic imine (C=N–C) groups is 1. The van der Waals surface area contributed by atoms with Gasteiger partial charge < -0.3 is 19.9 Å². The summed E-state index contributed by atoms with van der Waals surface area (Å²) < 4.78 is 12.3. The molecule has 0 aliphatic carbocycles. The lowest BCUT2D eigenvalue weighted by Crippen LogP contribution is -2.50. The van der Waals surface area contributed by atoms with Crippen LogP contribution < -0.4 is 10.1 Å². The van der Waals surface area contributed by atoms with Crippen LogP contribution in [0.5, 0.6) is 5.75 Å². The topological polar surface area (TPSA) is 178 Å². The summed E-state index contributed by atoms with van der Waals surface area (Å²) >= 11 is 12.5. The molecule has 0 radical (unpaired) electrons. The van der Waals surface area contributed by atoms with E-state index in [9.17, 15) is 10.3 Å². The molecule has 0 saturated carbocycles. The minimum atomic E-state index is -1.61. The van der Waals surface area contributed by atoms with Gasteiger partial charge >= 0.3 is 0 Å². The lowest BCUT2D eigenvalue weighted by atomic mass is 9.80. The van der Waals surface area contributed by atoms with Crippen LogP contribution in [-0.4, -0.2) is 42.2 Å². The number of amides is 1. The second kappa shape index (κ2) is 16.7. The van der Waals surface area contributed by atoms with Crippen molar-refractivity contribution in [3.05, 3.63) is 150 Å². The van der Waals surface area contributed by atoms with E-state index in [0.29, 0.717) is 46.4 Å². The molecule has 49 heavy (non-hydrogen) atoms. The van der Waals surface area contributed by atoms with Gasteiger partial charge in [0, 0.05) is 62.7 Å². The molecule has 5 rings (SSSR count). The quantitative estimate of drug-likeness (QED) is 0.0548. The van der Waals surface area contributed by atoms with Crippen LogP contribution in [0.2, 0.25) is 10.0 Å². The first-order valence-corrected chi connectivity index (χ1v) is 16.2. The molecule has 0 bridgehead atoms. The van der Waals surface area contributed by atoms with E-state index >= 15 is 0 Å². The highest BCUT2D eigenvalue weighted by Gasteiger charge is 2.54. The molecule has 12 nitrogen and oxygen atoms in total. The molecule has 14 heteroatoms. The monoisotopic (exact) mass is 698 g/mol. The Labute approximate surface area is 292 Å². The van der Waals surface area contributed by atoms with E-state index in [1.165, 1.54) is 0 Å². The van der Waals surface area contributed by atoms with Crippen LogP contribution in [0.25, 0.3) is 20.9 Å². The van der Waals surface area contributed by atoms with Crippen molar-refractivity contribution in [3.63, 3.8) is 0 Å². The molecule has 0 fully saturated rings. The van der Waals surface area contributed by atoms with Crippen LogP contribution in [0.15, 0.2) is 106 Å². The van der Waals surface area contributed by atoms with Gasteiger partial charge in [-0.15, -0.1) is 0 Å². The van der Waals surface area contributed by atoms with Crippen LogP contribution in [0, 0.1) is 0 Å². The van der Waals surface area contributed by atoms with E-state index in [4.69, 9.17) is 48.3 Å². The summed E-state index contributed by atoms with van der Waals surface area (Å²) in [5.41, 5.74) is 20.4. The second-order valence-electron chi connectivity index (χ2n) is 11.1. The van der Waals surface area contributed by atoms with Crippen LogP contribution in [-0.2, 0) is 28.9 Å². The van der Waals surface area contributed by atoms with Gasteiger partial charge in [0.2, 0.25) is 5.90 Å². The van der Waals surface area contributed by atoms with Gasteiger partial charge in [-0.1, -0.05) is 88.0 Å². The van der Waals surface area contributed by atoms with Crippen molar-refractivity contribution >= 4 is 40.7 Å². The number of nitrogens with zero attached hydrogens (tertiary/aromatic N) is 7. The number of halogens is 2. The van der Waals surface area contributed by atoms with Gasteiger partial charge in [-0.3, -0.25) is 4.79 Å². The fourth-order valence-corrected chi connectivity index (χ4v) is 6.08. The Bertz CT molecular complexity index is 1930. The molecule has 250 valence electrons. The molecule has 4 aromatic rings. The highest BCUT2D eigenvalue weighted by molar-refractivity contribution is 6.35. The summed E-state index contributed by atoms with van der Waals surface area (Å²) in [6, 6.07) is 26.5. The minimum Gasteiger partial charge on any atom is -0.494 e. The molecule has 1 aliphatic rings. The van der Waals surface area contributed by atoms with Crippen molar-refractivity contribution in [2.24, 2.45) is 15.2 Å². The second-order valence-corrected chi connectivity index (χ2v) is 12.0. The van der Waals surface area contributed by atoms with Crippen molar-refractivity contribution in [2.45, 2.75) is 37.5 Å². The Kier molecular flexibility index (Phi) is 12.0. The molecule has 0 spiro atoms. The molecule has 1 heterocycles. The molecule has 0 unspecified atom stereocenters. The molecular weight excluding hydrogens is 667 g/mol. The number of azide groups is 2. The summed E-state index contributed by atoms with van der Waals surface area (Å²) in [5, 5.41) is 20.8. The van der Waals surface area contributed by atoms with Crippen LogP contribution in [0.4, 0.5) is 5.69 Å². The number of nitrogens with one attached hydrogen (secondary N) is 1. The standard InChI is InChI=1S/C35H32Cl2N8O4/c36-27-13-10-23(30(37)20-27)16-17-40-34(47)35(21-25-6-1-2-7-26(25)22-41-44-38)32(29-8-3-4-9-31(29)43-45-39)49-33(42-35)24-11-14-28(15-12-24)48-19-5-18-46/h1-4,6-15,20,32,46H,5,16-19,21-22H2,(H,40,47)/t32-,35-/m1/s1. The summed E-state index contributed by atoms with van der Waals surface area (Å²) in [6.07, 6.45) is -0.0668. The van der Waals surface area contributed by atoms with E-state index < -0.39 is 17.6 Å². The number of carbonyl (C=O) groups excluding carboxylic acids is 1. The Morgan fingerprint density at radius 1 is 0.980 bits per heavy atom. The van der Waals surface area contributed by atoms with E-state index in [2.05, 4.69) is 25.4 Å². The Morgan fingerprint density at radius 2 is 1.73 bits per heavy atom. The summed E-state index contributed by atoms with van der Waals surface area (Å²) in [4.78, 5) is 25.7. The number of aliphatic hydroxyl groups excluding tert-OH is 1. The molecule has 4 aromatic carbocycles. The minimum absolute atomic E-state index is 0.0182. The van der Waals surface area contributed by atoms with E-state index in [0.717, 1.165) is 16.7 Å². The zero-order valence-electron chi connectivity index (χ0n) is 26.2. The van der Waals surface area contributed by atoms with E-state index in [1.54, 1.807) is 60.7 Å². The first-order chi connectivity index (χ1) is 23.9. The van der Waals surface area contributed by atoms with Crippen LogP contribution >= 0.6 is 23.2 Å². The van der Waals surface area contributed by atoms with Crippen molar-refractivity contribution in [1.82, 2.24) is 5.32 Å². The maximum atomic E-state index is 14.7. The van der Waals surface area contributed by atoms with E-state index in [1.807, 2.05) is 30.3 Å². The number of benzene rings is 4. The fraction of sp³-hybridized carbons (Fsp3) is 0.257. The van der Waals surface area contributed by atoms with Gasteiger partial charge in [0.1, 0.15) is 5.75 Å². The van der Waals surface area contributed by atoms with Gasteiger partial charge in [-0.25, -0.2) is 4.99 Å². The van der Waals surface area contributed by atoms with Crippen LogP contribution in [0.3, 0.4) is 0 Å². The highest BCUT2D eigenvalue weighted by Crippen LogP contribution is 2.45. The van der Waals surface area contributed by atoms with Gasteiger partial charge in [0.05, 0.1) is 13.2 Å². The molecule has 0 aromatic heterocycles. The Balaban J connectivity index is 1.61. The first kappa shape index (κ1) is 35.1. The van der Waals surface area contributed by atoms with Crippen molar-refractivity contribution < 1.29 is 19.4 Å². The molecule has 1 aliphatic heterocycles. The summed E-state index contributed by atoms with van der Waals surface area (Å²) in [6.45, 7) is 0.655. The predicted molar refractivity (Wildman–Crippen MR) is 188 cm³/mol. The third kappa shape index (κ3) is 8.45. The third-order valence-corrected chi connectivity index (χ3v) is 8.57. The zero-order chi connectivity index (χ0) is 34.6. The molecule has 2 N–H and O–H groups in total. The molecule has 0 saturated heterocycles. The zero-order valence-corrected chi connectivity index (χ0v) is 27.8. The average Bonchev–Trinajstić information content (AvgIpc) is 3.49. The number of ether oxygens (including phenoxy) is 2. The number of rotatable bonds is 15. The Hall–Kier alpha value is -5.22. The lowest BCUT2D eigenvalue weighted by Gasteiger charge is -2.32. The van der Waals surface area contributed by atoms with Crippen LogP contribution in [0.1, 0.15) is 40.3 Å². The fourth-order valence-electron chi connectivity index (χ4n) is 5.58. The number of hydrogen-bond donors (Lipinski definition) is 2. The largest absolute Gasteiger partial charge is 0.494 e. The molecule has 1 amide bonds. The van der Waals surface area contributed by atoms with E-state index in [-0.39, 0.29) is 37.7 Å². The van der Waals surface area contributed by atoms with Gasteiger partial charge in [0.25, 0.3) is 5.91 Å². The average molecular weight is 700 g/mol. The van der Waals surface area contributed by atoms with Gasteiger partial charge in [0.15, 0.2) is 11.6 Å². The van der Waals surface area contributed by atoms with Crippen molar-refractivity contribution in [3.8, 4) is 5.75 Å². The normalized spacial score (nSPS) is 16.5. The number of aliphatic hydroxyl groups is 1. The smallest absolute Gasteiger partial charge is 0.252 e. The maximum absolute atomic E-state index is 14.7. The Morgan fingerprint density at radius 3 is 2.47 bits per heavy atom. The molecule has 2 atom stereocenters. The SMILES string of the molecule is [N-]=[N+]=NCc1ccccc1C[C@@]1(C(=O)NCCc2ccc(Cl)cc2Cl)N=C(c2ccc(OCCCO)cc2)O[C@@H]1c1ccccc1N=[N+]=[N-]. The van der Waals surface area contributed by atoms with Gasteiger partial charge in [-0.2, -0.15) is 0 Å². The van der Waals surface area contributed by atoms with Crippen molar-refractivity contribution in [2.75, 3.05) is 19.8 Å². The van der Waals surface area contributed by atoms with Crippen molar-refractivity contribution in [1.29, 1.82) is 0 Å². The van der Waals surface area contributed by atoms with Gasteiger partial charge in [-0.05, 0) is 70.6 Å². The first-order valence-electron chi connectivity index (χ1n) is 15.4. The summed E-state index contributed by atoms with van der Waals surface area (Å²) in [5.74, 6) is 0.361. The third-order valence-electron chi connectivity index (χ3n) is 7.98. The highest BCUT2D eigenvalue weighted by atomic mass is 35.5. The number of hydrogen-bond acceptors (Lipinski definition) is 7. The lowest BCUT2D eigenvalue weighted by molar-refractivity contribution is -0.128.